The van der Waals surface area contributed by atoms with E-state index in [1.807, 2.05) is 87.6 Å². The van der Waals surface area contributed by atoms with Crippen LogP contribution >= 0.6 is 43.5 Å². The number of aryl methyl sites for hydroxylation is 1. The lowest BCUT2D eigenvalue weighted by Gasteiger charge is -2.48. The van der Waals surface area contributed by atoms with Crippen LogP contribution in [0.25, 0.3) is 21.8 Å². The summed E-state index contributed by atoms with van der Waals surface area (Å²) in [6.07, 6.45) is 35.1. The second kappa shape index (κ2) is 25.9. The van der Waals surface area contributed by atoms with Crippen LogP contribution in [-0.2, 0) is 29.8 Å². The van der Waals surface area contributed by atoms with Crippen molar-refractivity contribution in [2.45, 2.75) is 56.9 Å². The number of fused-ring (bicyclic) bond motifs is 3. The minimum atomic E-state index is -0.341. The first-order valence-electron chi connectivity index (χ1n) is 26.6. The molecular formula is C54H55Br2ClN26O. The molecule has 84 heavy (non-hydrogen) atoms. The lowest BCUT2D eigenvalue weighted by atomic mass is 9.89. The van der Waals surface area contributed by atoms with Gasteiger partial charge in [0, 0.05) is 56.5 Å². The van der Waals surface area contributed by atoms with Crippen molar-refractivity contribution in [3.05, 3.63) is 142 Å². The predicted octanol–water partition coefficient (Wildman–Crippen LogP) is 7.12. The maximum atomic E-state index is 7.55. The van der Waals surface area contributed by atoms with Crippen molar-refractivity contribution in [1.82, 2.24) is 103 Å². The summed E-state index contributed by atoms with van der Waals surface area (Å²) in [4.78, 5) is 22.0. The van der Waals surface area contributed by atoms with Gasteiger partial charge in [-0.15, -0.1) is 44.8 Å². The molecule has 30 heteroatoms. The molecule has 3 aliphatic rings. The monoisotopic (exact) mass is 1280 g/mol. The van der Waals surface area contributed by atoms with Crippen molar-refractivity contribution >= 4 is 101 Å². The minimum Gasteiger partial charge on any atom is -0.378 e. The summed E-state index contributed by atoms with van der Waals surface area (Å²) in [5, 5.41) is 51.3. The standard InChI is InChI=1S/C30H36N14O.C12H9BrN6.C9H7BrN6.C3H3Cl/c1-3-22-11-33-44(13-22)30(19-31-2)20-40(21-30)27-5-4-8-42-28(27)35-29(37-42)34-23-12-32-41(14-23)15-24-16-43(38-36-24)25-6-9-39(10-7-25)26-17-45-18-26;1-2-5-18-8-9(7-14-18)15-12-16-11-10(13)4-3-6-19(11)17-12;10-7-2-1-3-16-8(7)14-9(15-16)13-6-4-11-12-5-6;1-2-3-4/h4-5,8,11-14,16,25-26H,3,6-7,9-10,15,17-21H2,1H3,(H,34,37);1,3-4,6-8H,5H2,(H,15,17);1-5H,(H,11,12)(H,13,15);1H,3H2. The van der Waals surface area contributed by atoms with Crippen molar-refractivity contribution in [3.63, 3.8) is 0 Å². The number of piperidine rings is 1. The number of ether oxygens (including phenoxy) is 1. The molecule has 3 aliphatic heterocycles. The van der Waals surface area contributed by atoms with Crippen LogP contribution in [-0.4, -0.2) is 161 Å². The summed E-state index contributed by atoms with van der Waals surface area (Å²) >= 11 is 11.8. The van der Waals surface area contributed by atoms with Gasteiger partial charge in [0.15, 0.2) is 22.5 Å². The number of likely N-dealkylation sites (tertiary alicyclic amines) is 1. The van der Waals surface area contributed by atoms with E-state index in [0.29, 0.717) is 68.5 Å². The average Bonchev–Trinajstić information content (AvgIpc) is 2.45. The number of nitrogens with one attached hydrogen (secondary N) is 4. The smallest absolute Gasteiger partial charge is 0.247 e. The minimum absolute atomic E-state index is 0.319. The van der Waals surface area contributed by atoms with E-state index in [2.05, 4.69) is 155 Å². The number of pyridine rings is 3. The molecule has 0 unspecified atom stereocenters. The number of hydrogen-bond donors (Lipinski definition) is 4. The van der Waals surface area contributed by atoms with E-state index < -0.39 is 0 Å². The highest BCUT2D eigenvalue weighted by molar-refractivity contribution is 9.11. The zero-order chi connectivity index (χ0) is 58.0. The summed E-state index contributed by atoms with van der Waals surface area (Å²) in [6, 6.07) is 12.6. The molecule has 4 N–H and O–H groups in total. The molecule has 14 heterocycles. The lowest BCUT2D eigenvalue weighted by molar-refractivity contribution is -0.0734. The zero-order valence-electron chi connectivity index (χ0n) is 45.3. The lowest BCUT2D eigenvalue weighted by Crippen LogP contribution is -2.64. The third-order valence-corrected chi connectivity index (χ3v) is 15.3. The second-order valence-electron chi connectivity index (χ2n) is 19.7. The summed E-state index contributed by atoms with van der Waals surface area (Å²) in [5.74, 6) is 6.57. The highest BCUT2D eigenvalue weighted by Crippen LogP contribution is 2.36. The first-order chi connectivity index (χ1) is 41.1. The Balaban J connectivity index is 0.000000153. The van der Waals surface area contributed by atoms with Crippen LogP contribution in [0.3, 0.4) is 0 Å². The molecule has 0 aliphatic carbocycles. The maximum absolute atomic E-state index is 7.55. The van der Waals surface area contributed by atoms with Crippen LogP contribution in [0.2, 0.25) is 0 Å². The molecule has 11 aromatic rings. The first kappa shape index (κ1) is 56.7. The number of hydrogen-bond acceptors (Lipinski definition) is 18. The third kappa shape index (κ3) is 13.0. The van der Waals surface area contributed by atoms with Crippen molar-refractivity contribution in [1.29, 1.82) is 0 Å². The average molecular weight is 1280 g/mol. The van der Waals surface area contributed by atoms with Crippen LogP contribution in [0, 0.1) is 31.3 Å². The number of H-pyrrole nitrogens is 1. The summed E-state index contributed by atoms with van der Waals surface area (Å²) < 4.78 is 19.8. The Bertz CT molecular complexity index is 4100. The molecule has 428 valence electrons. The van der Waals surface area contributed by atoms with Crippen LogP contribution in [0.5, 0.6) is 0 Å². The summed E-state index contributed by atoms with van der Waals surface area (Å²) in [5.41, 5.74) is 7.37. The van der Waals surface area contributed by atoms with E-state index in [4.69, 9.17) is 34.3 Å². The molecule has 3 fully saturated rings. The number of terminal acetylenes is 2. The van der Waals surface area contributed by atoms with Gasteiger partial charge in [-0.2, -0.15) is 35.3 Å². The highest BCUT2D eigenvalue weighted by Gasteiger charge is 2.49. The number of nitrogens with zero attached hydrogens (tertiary/aromatic N) is 22. The molecule has 3 saturated heterocycles. The molecule has 14 rings (SSSR count). The van der Waals surface area contributed by atoms with E-state index in [1.165, 1.54) is 5.56 Å². The molecule has 0 radical (unpaired) electrons. The Kier molecular flexibility index (Phi) is 17.5. The summed E-state index contributed by atoms with van der Waals surface area (Å²) in [7, 11) is 0. The van der Waals surface area contributed by atoms with Crippen molar-refractivity contribution < 1.29 is 4.74 Å². The molecule has 0 bridgehead atoms. The quantitative estimate of drug-likeness (QED) is 0.0452. The van der Waals surface area contributed by atoms with E-state index in [9.17, 15) is 0 Å². The maximum Gasteiger partial charge on any atom is 0.247 e. The Hall–Kier alpha value is -9.18. The van der Waals surface area contributed by atoms with E-state index in [1.54, 1.807) is 49.2 Å². The Morgan fingerprint density at radius 1 is 0.762 bits per heavy atom. The van der Waals surface area contributed by atoms with Gasteiger partial charge in [-0.1, -0.05) is 24.0 Å². The summed E-state index contributed by atoms with van der Waals surface area (Å²) in [6.45, 7) is 16.3. The molecule has 0 aromatic carbocycles. The number of rotatable bonds is 15. The topological polar surface area (TPSA) is 260 Å². The number of alkyl halides is 1. The Morgan fingerprint density at radius 3 is 1.93 bits per heavy atom. The fourth-order valence-corrected chi connectivity index (χ4v) is 10.5. The molecule has 0 atom stereocenters. The highest BCUT2D eigenvalue weighted by atomic mass is 79.9. The van der Waals surface area contributed by atoms with Crippen molar-refractivity contribution in [2.24, 2.45) is 0 Å². The van der Waals surface area contributed by atoms with Crippen molar-refractivity contribution in [3.8, 4) is 24.7 Å². The van der Waals surface area contributed by atoms with Gasteiger partial charge in [-0.3, -0.25) is 24.0 Å². The van der Waals surface area contributed by atoms with Crippen molar-refractivity contribution in [2.75, 3.05) is 72.7 Å². The number of anilines is 7. The van der Waals surface area contributed by atoms with Gasteiger partial charge < -0.3 is 30.4 Å². The van der Waals surface area contributed by atoms with Gasteiger partial charge in [-0.05, 0) is 93.1 Å². The first-order valence-corrected chi connectivity index (χ1v) is 28.7. The molecule has 0 spiro atoms. The van der Waals surface area contributed by atoms with Gasteiger partial charge in [0.25, 0.3) is 0 Å². The van der Waals surface area contributed by atoms with Gasteiger partial charge in [0.05, 0.1) is 113 Å². The number of aromatic nitrogens is 20. The van der Waals surface area contributed by atoms with Crippen LogP contribution in [0.4, 0.5) is 40.6 Å². The SMILES string of the molecule is Brc1cccn2nc(Nc3cn[nH]c3)nc12.C#CCCl.C#CCn1cc(Nc2nc3c(Br)cccn3n2)cn1.[C-]#[N+]CC1(n2cc(CC)cn2)CN(c2cccn3nc(Nc4cnn(Cc5cn(C6CCN(C7COC7)CC6)nn5)c4)nc23)C1. The largest absolute Gasteiger partial charge is 0.378 e. The van der Waals surface area contributed by atoms with E-state index in [-0.39, 0.29) is 5.54 Å². The van der Waals surface area contributed by atoms with Crippen LogP contribution in [0.1, 0.15) is 37.1 Å². The third-order valence-electron chi connectivity index (χ3n) is 13.9. The zero-order valence-corrected chi connectivity index (χ0v) is 49.2. The molecule has 11 aromatic heterocycles. The Labute approximate surface area is 502 Å². The van der Waals surface area contributed by atoms with E-state index >= 15 is 0 Å². The fourth-order valence-electron chi connectivity index (χ4n) is 9.66. The second-order valence-corrected chi connectivity index (χ2v) is 21.6. The van der Waals surface area contributed by atoms with Crippen LogP contribution < -0.4 is 20.9 Å². The van der Waals surface area contributed by atoms with Gasteiger partial charge >= 0.3 is 0 Å². The van der Waals surface area contributed by atoms with Gasteiger partial charge in [-0.25, -0.2) is 24.8 Å². The molecule has 0 amide bonds. The fraction of sp³-hybridized carbons (Fsp3) is 0.315. The molecular weight excluding hydrogens is 1220 g/mol. The van der Waals surface area contributed by atoms with Crippen LogP contribution in [0.15, 0.2) is 120 Å². The number of aromatic amines is 1. The normalized spacial score (nSPS) is 14.8. The predicted molar refractivity (Wildman–Crippen MR) is 322 cm³/mol. The van der Waals surface area contributed by atoms with Gasteiger partial charge in [0.2, 0.25) is 24.4 Å². The molecule has 27 nitrogen and oxygen atoms in total. The number of halogens is 3. The molecule has 0 saturated carbocycles. The van der Waals surface area contributed by atoms with E-state index in [0.717, 1.165) is 99.9 Å². The Morgan fingerprint density at radius 2 is 1.37 bits per heavy atom. The van der Waals surface area contributed by atoms with Gasteiger partial charge in [0.1, 0.15) is 12.2 Å².